The molecule has 1 unspecified atom stereocenters. The van der Waals surface area contributed by atoms with E-state index in [0.29, 0.717) is 12.3 Å². The fourth-order valence-electron chi connectivity index (χ4n) is 2.81. The van der Waals surface area contributed by atoms with Crippen molar-refractivity contribution in [3.8, 4) is 11.1 Å². The molecule has 2 aromatic carbocycles. The highest BCUT2D eigenvalue weighted by molar-refractivity contribution is 7.93. The van der Waals surface area contributed by atoms with Crippen molar-refractivity contribution in [2.24, 2.45) is 11.4 Å². The minimum atomic E-state index is -2.16. The van der Waals surface area contributed by atoms with Gasteiger partial charge in [-0.2, -0.15) is 0 Å². The number of fused-ring (bicyclic) bond motifs is 1. The van der Waals surface area contributed by atoms with Crippen molar-refractivity contribution in [3.05, 3.63) is 42.5 Å². The van der Waals surface area contributed by atoms with Crippen molar-refractivity contribution in [1.82, 2.24) is 15.0 Å². The maximum atomic E-state index is 12.6. The van der Waals surface area contributed by atoms with E-state index in [2.05, 4.69) is 20.7 Å². The molecule has 0 radical (unpaired) electrons. The molecule has 4 rings (SSSR count). The topological polar surface area (TPSA) is 60.1 Å². The molecule has 0 aliphatic carbocycles. The first kappa shape index (κ1) is 13.5. The molecule has 1 aromatic heterocycles. The van der Waals surface area contributed by atoms with Crippen molar-refractivity contribution in [3.63, 3.8) is 0 Å². The van der Waals surface area contributed by atoms with Gasteiger partial charge >= 0.3 is 0 Å². The number of hydrogen-bond donors (Lipinski definition) is 0. The van der Waals surface area contributed by atoms with E-state index in [1.165, 1.54) is 0 Å². The van der Waals surface area contributed by atoms with Gasteiger partial charge in [0, 0.05) is 24.2 Å². The van der Waals surface area contributed by atoms with Crippen LogP contribution in [0, 0.1) is 0 Å². The van der Waals surface area contributed by atoms with Crippen molar-refractivity contribution in [2.45, 2.75) is 11.3 Å². The van der Waals surface area contributed by atoms with Gasteiger partial charge < -0.3 is 0 Å². The zero-order valence-corrected chi connectivity index (χ0v) is 13.1. The van der Waals surface area contributed by atoms with Crippen molar-refractivity contribution >= 4 is 20.8 Å². The van der Waals surface area contributed by atoms with Crippen molar-refractivity contribution in [1.29, 1.82) is 0 Å². The maximum absolute atomic E-state index is 12.6. The summed E-state index contributed by atoms with van der Waals surface area (Å²) in [6.07, 6.45) is 0.921. The van der Waals surface area contributed by atoms with Gasteiger partial charge in [0.15, 0.2) is 0 Å². The zero-order valence-electron chi connectivity index (χ0n) is 12.3. The Bertz CT molecular complexity index is 965. The number of benzene rings is 2. The van der Waals surface area contributed by atoms with Crippen LogP contribution >= 0.6 is 0 Å². The summed E-state index contributed by atoms with van der Waals surface area (Å²) in [5.41, 5.74) is 4.05. The average Bonchev–Trinajstić information content (AvgIpc) is 3.15. The summed E-state index contributed by atoms with van der Waals surface area (Å²) < 4.78 is 18.7. The van der Waals surface area contributed by atoms with Gasteiger partial charge in [0.25, 0.3) is 0 Å². The highest BCUT2D eigenvalue weighted by Gasteiger charge is 2.17. The quantitative estimate of drug-likeness (QED) is 0.731. The van der Waals surface area contributed by atoms with Gasteiger partial charge in [-0.3, -0.25) is 0 Å². The Kier molecular flexibility index (Phi) is 3.00. The van der Waals surface area contributed by atoms with Crippen LogP contribution in [0.3, 0.4) is 0 Å². The number of aromatic nitrogens is 3. The van der Waals surface area contributed by atoms with Crippen LogP contribution in [-0.2, 0) is 16.8 Å². The third-order valence-corrected chi connectivity index (χ3v) is 6.50. The van der Waals surface area contributed by atoms with Crippen LogP contribution in [-0.4, -0.2) is 31.5 Å². The lowest BCUT2D eigenvalue weighted by molar-refractivity contribution is 0.679. The second-order valence-electron chi connectivity index (χ2n) is 5.49. The first-order valence-electron chi connectivity index (χ1n) is 7.26. The van der Waals surface area contributed by atoms with Crippen molar-refractivity contribution < 1.29 is 4.21 Å². The number of rotatable bonds is 2. The molecule has 6 heteroatoms. The predicted octanol–water partition coefficient (Wildman–Crippen LogP) is 2.87. The van der Waals surface area contributed by atoms with E-state index >= 15 is 0 Å². The number of nitrogens with zero attached hydrogens (tertiary/aromatic N) is 4. The highest BCUT2D eigenvalue weighted by atomic mass is 32.2. The summed E-state index contributed by atoms with van der Waals surface area (Å²) in [6, 6.07) is 14.0. The summed E-state index contributed by atoms with van der Waals surface area (Å²) in [5, 5.41) is 8.17. The molecule has 0 spiro atoms. The summed E-state index contributed by atoms with van der Waals surface area (Å²) in [6.45, 7) is 0.712. The highest BCUT2D eigenvalue weighted by Crippen LogP contribution is 2.26. The van der Waals surface area contributed by atoms with Gasteiger partial charge in [-0.05, 0) is 41.8 Å². The normalized spacial score (nSPS) is 21.1. The molecule has 2 heterocycles. The summed E-state index contributed by atoms with van der Waals surface area (Å²) in [7, 11) is -0.283. The smallest absolute Gasteiger partial charge is 0.113 e. The van der Waals surface area contributed by atoms with Crippen LogP contribution in [0.25, 0.3) is 22.2 Å². The molecule has 0 saturated carbocycles. The molecule has 0 N–H and O–H groups in total. The van der Waals surface area contributed by atoms with E-state index in [1.54, 1.807) is 4.68 Å². The van der Waals surface area contributed by atoms with E-state index in [9.17, 15) is 4.21 Å². The van der Waals surface area contributed by atoms with Crippen LogP contribution in [0.2, 0.25) is 0 Å². The lowest BCUT2D eigenvalue weighted by Gasteiger charge is -2.06. The second-order valence-corrected chi connectivity index (χ2v) is 7.91. The number of aryl methyl sites for hydroxylation is 1. The van der Waals surface area contributed by atoms with E-state index in [1.807, 2.05) is 43.4 Å². The average molecular weight is 312 g/mol. The Morgan fingerprint density at radius 3 is 2.59 bits per heavy atom. The molecule has 0 amide bonds. The molecule has 22 heavy (non-hydrogen) atoms. The first-order valence-corrected chi connectivity index (χ1v) is 8.95. The minimum Gasteiger partial charge on any atom is -0.248 e. The Morgan fingerprint density at radius 2 is 1.86 bits per heavy atom. The molecule has 1 aliphatic heterocycles. The monoisotopic (exact) mass is 312 g/mol. The van der Waals surface area contributed by atoms with E-state index in [4.69, 9.17) is 0 Å². The van der Waals surface area contributed by atoms with Gasteiger partial charge in [0.1, 0.15) is 5.52 Å². The Balaban J connectivity index is 1.74. The largest absolute Gasteiger partial charge is 0.248 e. The fraction of sp³-hybridized carbons (Fsp3) is 0.250. The standard InChI is InChI=1S/C16H16N4OS/c1-20-16-8-5-13(11-15(16)18-19-20)12-3-6-14(7-4-12)22(21)10-2-9-17-22/h3-8,11H,2,9-10H2,1H3. The van der Waals surface area contributed by atoms with Crippen LogP contribution in [0.4, 0.5) is 0 Å². The molecular weight excluding hydrogens is 296 g/mol. The molecule has 1 aliphatic rings. The molecule has 5 nitrogen and oxygen atoms in total. The van der Waals surface area contributed by atoms with E-state index in [-0.39, 0.29) is 0 Å². The van der Waals surface area contributed by atoms with Crippen LogP contribution in [0.15, 0.2) is 51.7 Å². The third-order valence-electron chi connectivity index (χ3n) is 4.05. The van der Waals surface area contributed by atoms with Gasteiger partial charge in [0.2, 0.25) is 0 Å². The summed E-state index contributed by atoms with van der Waals surface area (Å²) in [5.74, 6) is 0.678. The van der Waals surface area contributed by atoms with Crippen LogP contribution < -0.4 is 0 Å². The SMILES string of the molecule is Cn1nnc2cc(-c3ccc(S4(=O)=NCCC4)cc3)ccc21. The Hall–Kier alpha value is -2.21. The fourth-order valence-corrected chi connectivity index (χ4v) is 4.83. The van der Waals surface area contributed by atoms with Crippen LogP contribution in [0.5, 0.6) is 0 Å². The molecule has 112 valence electrons. The first-order chi connectivity index (χ1) is 10.7. The lowest BCUT2D eigenvalue weighted by Crippen LogP contribution is -2.00. The molecular formula is C16H16N4OS. The van der Waals surface area contributed by atoms with Gasteiger partial charge in [-0.15, -0.1) is 5.10 Å². The molecule has 0 bridgehead atoms. The molecule has 3 aromatic rings. The van der Waals surface area contributed by atoms with Crippen LogP contribution in [0.1, 0.15) is 6.42 Å². The maximum Gasteiger partial charge on any atom is 0.113 e. The lowest BCUT2D eigenvalue weighted by atomic mass is 10.1. The van der Waals surface area contributed by atoms with Gasteiger partial charge in [-0.1, -0.05) is 23.4 Å². The Labute approximate surface area is 129 Å². The van der Waals surface area contributed by atoms with E-state index in [0.717, 1.165) is 33.5 Å². The summed E-state index contributed by atoms with van der Waals surface area (Å²) >= 11 is 0. The summed E-state index contributed by atoms with van der Waals surface area (Å²) in [4.78, 5) is 0.842. The zero-order chi connectivity index (χ0) is 15.2. The van der Waals surface area contributed by atoms with E-state index < -0.39 is 9.73 Å². The van der Waals surface area contributed by atoms with Gasteiger partial charge in [-0.25, -0.2) is 13.3 Å². The second kappa shape index (κ2) is 4.91. The van der Waals surface area contributed by atoms with Crippen molar-refractivity contribution in [2.75, 3.05) is 12.3 Å². The molecule has 0 saturated heterocycles. The number of hydrogen-bond acceptors (Lipinski definition) is 4. The predicted molar refractivity (Wildman–Crippen MR) is 87.1 cm³/mol. The Morgan fingerprint density at radius 1 is 1.09 bits per heavy atom. The third kappa shape index (κ3) is 2.11. The van der Waals surface area contributed by atoms with Gasteiger partial charge in [0.05, 0.1) is 15.2 Å². The molecule has 1 atom stereocenters. The minimum absolute atomic E-state index is 0.678. The molecule has 0 fully saturated rings.